The highest BCUT2D eigenvalue weighted by molar-refractivity contribution is 5.80. The first-order valence-corrected chi connectivity index (χ1v) is 7.96. The van der Waals surface area contributed by atoms with Crippen LogP contribution in [0.2, 0.25) is 0 Å². The molecule has 8 nitrogen and oxygen atoms in total. The highest BCUT2D eigenvalue weighted by atomic mass is 16.6. The van der Waals surface area contributed by atoms with Crippen LogP contribution in [0, 0.1) is 0 Å². The van der Waals surface area contributed by atoms with Crippen molar-refractivity contribution >= 4 is 17.8 Å². The lowest BCUT2D eigenvalue weighted by Crippen LogP contribution is -2.32. The lowest BCUT2D eigenvalue weighted by atomic mass is 10.2. The number of amides is 3. The Hall–Kier alpha value is -2.51. The van der Waals surface area contributed by atoms with Gasteiger partial charge in [0.15, 0.2) is 0 Å². The Morgan fingerprint density at radius 3 is 2.88 bits per heavy atom. The third-order valence-corrected chi connectivity index (χ3v) is 3.98. The minimum atomic E-state index is -0.520. The molecule has 1 N–H and O–H groups in total. The molecule has 24 heavy (non-hydrogen) atoms. The number of carbonyl (C=O) groups excluding carboxylic acids is 2. The van der Waals surface area contributed by atoms with E-state index in [0.29, 0.717) is 13.1 Å². The van der Waals surface area contributed by atoms with Crippen molar-refractivity contribution in [1.82, 2.24) is 24.9 Å². The van der Waals surface area contributed by atoms with Gasteiger partial charge in [0.1, 0.15) is 5.60 Å². The molecule has 1 unspecified atom stereocenters. The van der Waals surface area contributed by atoms with Crippen LogP contribution < -0.4 is 5.32 Å². The van der Waals surface area contributed by atoms with Gasteiger partial charge in [0.25, 0.3) is 0 Å². The van der Waals surface area contributed by atoms with Crippen LogP contribution >= 0.6 is 0 Å². The van der Waals surface area contributed by atoms with Crippen molar-refractivity contribution in [3.63, 3.8) is 0 Å². The van der Waals surface area contributed by atoms with Gasteiger partial charge >= 0.3 is 12.1 Å². The van der Waals surface area contributed by atoms with Crippen LogP contribution in [-0.2, 0) is 11.3 Å². The predicted molar refractivity (Wildman–Crippen MR) is 88.1 cm³/mol. The van der Waals surface area contributed by atoms with Gasteiger partial charge in [-0.25, -0.2) is 14.3 Å². The van der Waals surface area contributed by atoms with E-state index in [0.717, 1.165) is 17.8 Å². The zero-order valence-electron chi connectivity index (χ0n) is 14.4. The van der Waals surface area contributed by atoms with Crippen molar-refractivity contribution < 1.29 is 14.3 Å². The van der Waals surface area contributed by atoms with Crippen LogP contribution in [0.5, 0.6) is 0 Å². The second-order valence-corrected chi connectivity index (χ2v) is 7.15. The minimum absolute atomic E-state index is 0.0465. The number of ether oxygens (including phenoxy) is 1. The molecule has 130 valence electrons. The first-order chi connectivity index (χ1) is 11.2. The summed E-state index contributed by atoms with van der Waals surface area (Å²) in [4.78, 5) is 27.2. The average Bonchev–Trinajstić information content (AvgIpc) is 3.04. The quantitative estimate of drug-likeness (QED) is 0.909. The zero-order valence-corrected chi connectivity index (χ0v) is 14.4. The lowest BCUT2D eigenvalue weighted by Gasteiger charge is -2.21. The first-order valence-electron chi connectivity index (χ1n) is 7.96. The highest BCUT2D eigenvalue weighted by Gasteiger charge is 2.37. The van der Waals surface area contributed by atoms with E-state index in [1.807, 2.05) is 34.0 Å². The summed E-state index contributed by atoms with van der Waals surface area (Å²) in [6, 6.07) is 0.138. The summed E-state index contributed by atoms with van der Waals surface area (Å²) in [6.07, 6.45) is 5.18. The van der Waals surface area contributed by atoms with Crippen molar-refractivity contribution in [1.29, 1.82) is 0 Å². The fraction of sp³-hybridized carbons (Fsp3) is 0.562. The maximum atomic E-state index is 12.0. The van der Waals surface area contributed by atoms with E-state index < -0.39 is 11.7 Å². The lowest BCUT2D eigenvalue weighted by molar-refractivity contribution is 0.0523. The number of carbonyl (C=O) groups is 2. The molecule has 3 heterocycles. The summed E-state index contributed by atoms with van der Waals surface area (Å²) < 4.78 is 6.97. The molecule has 0 aromatic carbocycles. The van der Waals surface area contributed by atoms with Crippen molar-refractivity contribution in [3.05, 3.63) is 24.0 Å². The Bertz CT molecular complexity index is 688. The van der Waals surface area contributed by atoms with Gasteiger partial charge in [-0.1, -0.05) is 0 Å². The van der Waals surface area contributed by atoms with E-state index in [2.05, 4.69) is 16.5 Å². The summed E-state index contributed by atoms with van der Waals surface area (Å²) in [5, 5.41) is 7.05. The number of nitrogens with zero attached hydrogens (tertiary/aromatic N) is 4. The normalized spacial score (nSPS) is 20.2. The molecule has 8 heteroatoms. The number of rotatable bonds is 3. The third kappa shape index (κ3) is 3.37. The molecule has 2 bridgehead atoms. The van der Waals surface area contributed by atoms with Crippen LogP contribution in [0.15, 0.2) is 18.5 Å². The maximum absolute atomic E-state index is 12.0. The number of aromatic nitrogens is 2. The molecule has 1 aromatic rings. The van der Waals surface area contributed by atoms with Crippen LogP contribution in [0.1, 0.15) is 26.3 Å². The van der Waals surface area contributed by atoms with Crippen molar-refractivity contribution in [3.8, 4) is 0 Å². The number of alkyl carbamates (subject to hydrolysis) is 1. The monoisotopic (exact) mass is 333 g/mol. The van der Waals surface area contributed by atoms with Crippen LogP contribution in [0.4, 0.5) is 9.59 Å². The minimum Gasteiger partial charge on any atom is -0.444 e. The fourth-order valence-corrected chi connectivity index (χ4v) is 2.80. The maximum Gasteiger partial charge on any atom is 0.407 e. The van der Waals surface area contributed by atoms with Crippen molar-refractivity contribution in [2.45, 2.75) is 39.0 Å². The van der Waals surface area contributed by atoms with E-state index in [1.165, 1.54) is 0 Å². The van der Waals surface area contributed by atoms with Crippen molar-refractivity contribution in [2.24, 2.45) is 0 Å². The van der Waals surface area contributed by atoms with E-state index >= 15 is 0 Å². The van der Waals surface area contributed by atoms with E-state index in [-0.39, 0.29) is 12.1 Å². The molecular weight excluding hydrogens is 310 g/mol. The molecule has 1 fully saturated rings. The van der Waals surface area contributed by atoms with Gasteiger partial charge in [-0.05, 0) is 26.8 Å². The van der Waals surface area contributed by atoms with Gasteiger partial charge in [0, 0.05) is 31.9 Å². The van der Waals surface area contributed by atoms with E-state index in [1.54, 1.807) is 20.7 Å². The Balaban J connectivity index is 1.61. The molecule has 0 saturated carbocycles. The number of likely N-dealkylation sites (N-methyl/N-ethyl adjacent to an activating group) is 1. The summed E-state index contributed by atoms with van der Waals surface area (Å²) in [5.41, 5.74) is 1.31. The van der Waals surface area contributed by atoms with Crippen molar-refractivity contribution in [2.75, 3.05) is 20.1 Å². The molecule has 0 aliphatic carbocycles. The Kier molecular flexibility index (Phi) is 3.98. The van der Waals surface area contributed by atoms with Gasteiger partial charge in [-0.15, -0.1) is 0 Å². The Labute approximate surface area is 141 Å². The summed E-state index contributed by atoms with van der Waals surface area (Å²) in [5.74, 6) is 0. The fourth-order valence-electron chi connectivity index (χ4n) is 2.80. The molecule has 1 saturated heterocycles. The molecule has 2 aliphatic heterocycles. The first kappa shape index (κ1) is 16.4. The summed E-state index contributed by atoms with van der Waals surface area (Å²) in [7, 11) is 1.81. The third-order valence-electron chi connectivity index (χ3n) is 3.98. The number of nitrogens with one attached hydrogen (secondary N) is 1. The van der Waals surface area contributed by atoms with Crippen LogP contribution in [0.3, 0.4) is 0 Å². The predicted octanol–water partition coefficient (Wildman–Crippen LogP) is 1.50. The standard InChI is InChI=1S/C16H23N5O3/c1-16(2,3)24-14(22)17-6-11-7-18-21(8-11)13-5-12-9-20(10-13)15(23)19(12)4/h5,7-8,12H,6,9-10H2,1-4H3,(H,17,22). The molecule has 0 spiro atoms. The van der Waals surface area contributed by atoms with E-state index in [4.69, 9.17) is 4.74 Å². The Morgan fingerprint density at radius 2 is 2.21 bits per heavy atom. The molecular formula is C16H23N5O3. The Morgan fingerprint density at radius 1 is 1.46 bits per heavy atom. The second kappa shape index (κ2) is 5.85. The summed E-state index contributed by atoms with van der Waals surface area (Å²) in [6.45, 7) is 7.08. The molecule has 3 rings (SSSR count). The van der Waals surface area contributed by atoms with Gasteiger partial charge in [-0.3, -0.25) is 0 Å². The molecule has 0 radical (unpaired) electrons. The van der Waals surface area contributed by atoms with Gasteiger partial charge in [0.2, 0.25) is 0 Å². The second-order valence-electron chi connectivity index (χ2n) is 7.15. The molecule has 3 amide bonds. The number of urea groups is 1. The average molecular weight is 333 g/mol. The largest absolute Gasteiger partial charge is 0.444 e. The number of hydrogen-bond donors (Lipinski definition) is 1. The van der Waals surface area contributed by atoms with Gasteiger partial charge in [0.05, 0.1) is 24.5 Å². The van der Waals surface area contributed by atoms with Gasteiger partial charge < -0.3 is 19.9 Å². The van der Waals surface area contributed by atoms with E-state index in [9.17, 15) is 9.59 Å². The number of fused-ring (bicyclic) bond motifs is 2. The SMILES string of the molecule is CN1C(=O)N2CC(n3cc(CNC(=O)OC(C)(C)C)cn3)=CC1C2. The van der Waals surface area contributed by atoms with Crippen LogP contribution in [0.25, 0.3) is 5.70 Å². The van der Waals surface area contributed by atoms with Gasteiger partial charge in [-0.2, -0.15) is 5.10 Å². The molecule has 2 aliphatic rings. The smallest absolute Gasteiger partial charge is 0.407 e. The van der Waals surface area contributed by atoms with Crippen LogP contribution in [-0.4, -0.2) is 63.5 Å². The topological polar surface area (TPSA) is 79.7 Å². The molecule has 1 atom stereocenters. The zero-order chi connectivity index (χ0) is 17.5. The molecule has 1 aromatic heterocycles. The summed E-state index contributed by atoms with van der Waals surface area (Å²) >= 11 is 0. The highest BCUT2D eigenvalue weighted by Crippen LogP contribution is 2.24. The number of hydrogen-bond acceptors (Lipinski definition) is 4.